The maximum absolute atomic E-state index is 13.0. The summed E-state index contributed by atoms with van der Waals surface area (Å²) in [5.41, 5.74) is 0.522. The van der Waals surface area contributed by atoms with Crippen molar-refractivity contribution in [3.05, 3.63) is 66.0 Å². The number of halogens is 1. The van der Waals surface area contributed by atoms with Crippen molar-refractivity contribution in [3.63, 3.8) is 0 Å². The highest BCUT2D eigenvalue weighted by Gasteiger charge is 2.29. The molecule has 0 heterocycles. The van der Waals surface area contributed by atoms with Crippen molar-refractivity contribution in [2.24, 2.45) is 0 Å². The predicted octanol–water partition coefficient (Wildman–Crippen LogP) is 2.70. The summed E-state index contributed by atoms with van der Waals surface area (Å²) in [7, 11) is -2.62. The van der Waals surface area contributed by atoms with Crippen molar-refractivity contribution in [1.82, 2.24) is 5.32 Å². The Morgan fingerprint density at radius 3 is 2.30 bits per heavy atom. The van der Waals surface area contributed by atoms with Gasteiger partial charge in [0.05, 0.1) is 12.0 Å². The van der Waals surface area contributed by atoms with Crippen LogP contribution >= 0.6 is 0 Å². The second kappa shape index (κ2) is 7.23. The lowest BCUT2D eigenvalue weighted by Gasteiger charge is -2.18. The van der Waals surface area contributed by atoms with Gasteiger partial charge in [-0.05, 0) is 29.8 Å². The molecule has 0 aromatic heterocycles. The van der Waals surface area contributed by atoms with Gasteiger partial charge in [0.25, 0.3) is 0 Å². The van der Waals surface area contributed by atoms with Gasteiger partial charge >= 0.3 is 6.09 Å². The lowest BCUT2D eigenvalue weighted by atomic mass is 10.1. The molecule has 122 valence electrons. The zero-order valence-corrected chi connectivity index (χ0v) is 13.2. The van der Waals surface area contributed by atoms with E-state index >= 15 is 0 Å². The van der Waals surface area contributed by atoms with Gasteiger partial charge < -0.3 is 10.1 Å². The van der Waals surface area contributed by atoms with Crippen LogP contribution in [0.25, 0.3) is 0 Å². The first kappa shape index (κ1) is 17.0. The van der Waals surface area contributed by atoms with Crippen LogP contribution in [0.1, 0.15) is 10.8 Å². The topological polar surface area (TPSA) is 72.5 Å². The monoisotopic (exact) mass is 337 g/mol. The van der Waals surface area contributed by atoms with Gasteiger partial charge in [-0.15, -0.1) is 0 Å². The molecule has 2 rings (SSSR count). The number of hydrogen-bond acceptors (Lipinski definition) is 4. The van der Waals surface area contributed by atoms with Crippen LogP contribution < -0.4 is 5.32 Å². The summed E-state index contributed by atoms with van der Waals surface area (Å²) >= 11 is 0. The van der Waals surface area contributed by atoms with Gasteiger partial charge in [-0.2, -0.15) is 0 Å². The average Bonchev–Trinajstić information content (AvgIpc) is 2.56. The Bertz CT molecular complexity index is 760. The molecule has 2 aromatic carbocycles. The number of carbonyl (C=O) groups is 1. The second-order valence-electron chi connectivity index (χ2n) is 4.77. The fourth-order valence-electron chi connectivity index (χ4n) is 2.11. The molecule has 0 aliphatic rings. The summed E-state index contributed by atoms with van der Waals surface area (Å²) in [6.45, 7) is -0.156. The van der Waals surface area contributed by atoms with E-state index in [4.69, 9.17) is 0 Å². The molecule has 0 aliphatic carbocycles. The smallest absolute Gasteiger partial charge is 0.406 e. The number of amides is 1. The Hall–Kier alpha value is -2.41. The molecule has 1 N–H and O–H groups in total. The molecule has 0 radical (unpaired) electrons. The third kappa shape index (κ3) is 4.07. The molecule has 7 heteroatoms. The second-order valence-corrected chi connectivity index (χ2v) is 6.90. The first-order valence-corrected chi connectivity index (χ1v) is 8.36. The largest absolute Gasteiger partial charge is 0.453 e. The van der Waals surface area contributed by atoms with E-state index in [1.807, 2.05) is 0 Å². The molecule has 0 saturated heterocycles. The van der Waals surface area contributed by atoms with Crippen LogP contribution in [-0.4, -0.2) is 28.2 Å². The van der Waals surface area contributed by atoms with Gasteiger partial charge in [-0.1, -0.05) is 30.3 Å². The number of benzene rings is 2. The Morgan fingerprint density at radius 1 is 1.13 bits per heavy atom. The van der Waals surface area contributed by atoms with Gasteiger partial charge in [0.15, 0.2) is 9.84 Å². The van der Waals surface area contributed by atoms with E-state index in [9.17, 15) is 17.6 Å². The van der Waals surface area contributed by atoms with Crippen molar-refractivity contribution in [2.75, 3.05) is 13.7 Å². The van der Waals surface area contributed by atoms with Crippen molar-refractivity contribution >= 4 is 15.9 Å². The summed E-state index contributed by atoms with van der Waals surface area (Å²) in [5.74, 6) is -0.520. The number of hydrogen-bond donors (Lipinski definition) is 1. The molecular formula is C16H16FNO4S. The zero-order valence-electron chi connectivity index (χ0n) is 12.4. The first-order chi connectivity index (χ1) is 10.9. The van der Waals surface area contributed by atoms with E-state index in [1.54, 1.807) is 30.3 Å². The summed E-state index contributed by atoms with van der Waals surface area (Å²) < 4.78 is 43.2. The van der Waals surface area contributed by atoms with Gasteiger partial charge in [0.2, 0.25) is 0 Å². The minimum Gasteiger partial charge on any atom is -0.453 e. The van der Waals surface area contributed by atoms with Crippen LogP contribution in [0, 0.1) is 5.82 Å². The van der Waals surface area contributed by atoms with Crippen molar-refractivity contribution in [1.29, 1.82) is 0 Å². The number of ether oxygens (including phenoxy) is 1. The maximum atomic E-state index is 13.0. The number of methoxy groups -OCH3 is 1. The molecule has 0 aliphatic heterocycles. The molecule has 2 aromatic rings. The number of carbonyl (C=O) groups excluding carboxylic acids is 1. The number of sulfone groups is 1. The third-order valence-electron chi connectivity index (χ3n) is 3.31. The van der Waals surface area contributed by atoms with E-state index in [0.29, 0.717) is 5.56 Å². The van der Waals surface area contributed by atoms with E-state index in [0.717, 1.165) is 12.1 Å². The highest BCUT2D eigenvalue weighted by molar-refractivity contribution is 7.91. The minimum atomic E-state index is -3.81. The van der Waals surface area contributed by atoms with E-state index in [1.165, 1.54) is 19.2 Å². The summed E-state index contributed by atoms with van der Waals surface area (Å²) in [6, 6.07) is 13.1. The standard InChI is InChI=1S/C16H16FNO4S/c1-22-16(19)18-11-15(12-5-3-2-4-6-12)23(20,21)14-9-7-13(17)8-10-14/h2-10,15H,11H2,1H3,(H,18,19). The zero-order chi connectivity index (χ0) is 16.9. The number of nitrogens with one attached hydrogen (secondary N) is 1. The molecule has 23 heavy (non-hydrogen) atoms. The van der Waals surface area contributed by atoms with Crippen molar-refractivity contribution in [3.8, 4) is 0 Å². The summed E-state index contributed by atoms with van der Waals surface area (Å²) in [6.07, 6.45) is -0.722. The molecule has 0 saturated carbocycles. The van der Waals surface area contributed by atoms with Crippen molar-refractivity contribution in [2.45, 2.75) is 10.1 Å². The average molecular weight is 337 g/mol. The summed E-state index contributed by atoms with van der Waals surface area (Å²) in [4.78, 5) is 11.3. The van der Waals surface area contributed by atoms with E-state index in [2.05, 4.69) is 10.1 Å². The van der Waals surface area contributed by atoms with E-state index < -0.39 is 27.0 Å². The van der Waals surface area contributed by atoms with Gasteiger partial charge in [0, 0.05) is 6.54 Å². The van der Waals surface area contributed by atoms with Crippen LogP contribution in [0.3, 0.4) is 0 Å². The molecule has 0 bridgehead atoms. The fourth-order valence-corrected chi connectivity index (χ4v) is 3.77. The lowest BCUT2D eigenvalue weighted by molar-refractivity contribution is 0.171. The molecule has 5 nitrogen and oxygen atoms in total. The van der Waals surface area contributed by atoms with E-state index in [-0.39, 0.29) is 11.4 Å². The predicted molar refractivity (Wildman–Crippen MR) is 83.2 cm³/mol. The number of rotatable bonds is 5. The molecule has 0 spiro atoms. The van der Waals surface area contributed by atoms with Gasteiger partial charge in [-0.25, -0.2) is 17.6 Å². The van der Waals surface area contributed by atoms with Crippen LogP contribution in [0.15, 0.2) is 59.5 Å². The lowest BCUT2D eigenvalue weighted by Crippen LogP contribution is -2.31. The summed E-state index contributed by atoms with van der Waals surface area (Å²) in [5, 5.41) is 1.40. The SMILES string of the molecule is COC(=O)NCC(c1ccccc1)S(=O)(=O)c1ccc(F)cc1. The number of alkyl carbamates (subject to hydrolysis) is 1. The van der Waals surface area contributed by atoms with Crippen molar-refractivity contribution < 1.29 is 22.3 Å². The van der Waals surface area contributed by atoms with Gasteiger partial charge in [0.1, 0.15) is 11.1 Å². The molecule has 1 unspecified atom stereocenters. The molecule has 1 amide bonds. The maximum Gasteiger partial charge on any atom is 0.406 e. The van der Waals surface area contributed by atoms with Crippen LogP contribution in [0.4, 0.5) is 9.18 Å². The highest BCUT2D eigenvalue weighted by Crippen LogP contribution is 2.28. The molecule has 0 fully saturated rings. The first-order valence-electron chi connectivity index (χ1n) is 6.81. The fraction of sp³-hybridized carbons (Fsp3) is 0.188. The minimum absolute atomic E-state index is 0.0144. The Balaban J connectivity index is 2.39. The molecule has 1 atom stereocenters. The van der Waals surface area contributed by atoms with Crippen LogP contribution in [0.2, 0.25) is 0 Å². The highest BCUT2D eigenvalue weighted by atomic mass is 32.2. The third-order valence-corrected chi connectivity index (χ3v) is 5.42. The van der Waals surface area contributed by atoms with Gasteiger partial charge in [-0.3, -0.25) is 0 Å². The van der Waals surface area contributed by atoms with Crippen LogP contribution in [-0.2, 0) is 14.6 Å². The Labute approximate surface area is 134 Å². The quantitative estimate of drug-likeness (QED) is 0.852. The molecular weight excluding hydrogens is 321 g/mol. The normalized spacial score (nSPS) is 12.4. The Kier molecular flexibility index (Phi) is 5.33. The Morgan fingerprint density at radius 2 is 1.74 bits per heavy atom. The van der Waals surface area contributed by atoms with Crippen LogP contribution in [0.5, 0.6) is 0 Å².